The number of nitrogens with two attached hydrogens (primary N) is 1. The van der Waals surface area contributed by atoms with Gasteiger partial charge in [0.2, 0.25) is 0 Å². The number of rotatable bonds is 2. The lowest BCUT2D eigenvalue weighted by molar-refractivity contribution is 0.0883. The summed E-state index contributed by atoms with van der Waals surface area (Å²) in [7, 11) is 1.72. The molecule has 0 bridgehead atoms. The maximum atomic E-state index is 13.2. The highest BCUT2D eigenvalue weighted by molar-refractivity contribution is 5.37. The lowest BCUT2D eigenvalue weighted by Gasteiger charge is -2.11. The van der Waals surface area contributed by atoms with E-state index in [9.17, 15) is 8.78 Å². The van der Waals surface area contributed by atoms with E-state index in [0.29, 0.717) is 5.69 Å². The van der Waals surface area contributed by atoms with Gasteiger partial charge in [-0.05, 0) is 12.5 Å². The number of alkyl halides is 2. The van der Waals surface area contributed by atoms with Gasteiger partial charge in [0.15, 0.2) is 0 Å². The number of hydrogen-bond acceptors (Lipinski definition) is 2. The van der Waals surface area contributed by atoms with Gasteiger partial charge in [0.05, 0.1) is 11.1 Å². The van der Waals surface area contributed by atoms with Crippen molar-refractivity contribution in [2.75, 3.05) is 6.54 Å². The standard InChI is InChI=1S/C9H13F2N3/c1-6-3-14(2)13-7(6)8(5-12)4-9(8,10)11/h3H,4-5,12H2,1-2H3. The molecule has 1 heterocycles. The molecule has 1 fully saturated rings. The number of halogens is 2. The van der Waals surface area contributed by atoms with Gasteiger partial charge in [-0.3, -0.25) is 4.68 Å². The molecule has 1 aliphatic carbocycles. The van der Waals surface area contributed by atoms with E-state index in [4.69, 9.17) is 5.73 Å². The van der Waals surface area contributed by atoms with Crippen LogP contribution >= 0.6 is 0 Å². The van der Waals surface area contributed by atoms with Gasteiger partial charge < -0.3 is 5.73 Å². The fourth-order valence-corrected chi connectivity index (χ4v) is 1.99. The molecule has 1 saturated carbocycles. The van der Waals surface area contributed by atoms with Crippen molar-refractivity contribution in [1.29, 1.82) is 0 Å². The van der Waals surface area contributed by atoms with Gasteiger partial charge >= 0.3 is 0 Å². The Labute approximate surface area is 80.9 Å². The second kappa shape index (κ2) is 2.53. The first-order chi connectivity index (χ1) is 6.43. The van der Waals surface area contributed by atoms with Crippen LogP contribution in [0, 0.1) is 6.92 Å². The molecular formula is C9H13F2N3. The Bertz CT molecular complexity index is 372. The van der Waals surface area contributed by atoms with Crippen molar-refractivity contribution in [2.45, 2.75) is 24.7 Å². The summed E-state index contributed by atoms with van der Waals surface area (Å²) in [6.45, 7) is 1.74. The summed E-state index contributed by atoms with van der Waals surface area (Å²) in [5, 5.41) is 4.07. The predicted molar refractivity (Wildman–Crippen MR) is 48.2 cm³/mol. The van der Waals surface area contributed by atoms with Gasteiger partial charge in [-0.1, -0.05) is 0 Å². The molecule has 1 aromatic heterocycles. The molecule has 2 rings (SSSR count). The fraction of sp³-hybridized carbons (Fsp3) is 0.667. The maximum absolute atomic E-state index is 13.2. The molecule has 0 amide bonds. The molecule has 0 spiro atoms. The van der Waals surface area contributed by atoms with Crippen molar-refractivity contribution in [2.24, 2.45) is 12.8 Å². The fourth-order valence-electron chi connectivity index (χ4n) is 1.99. The van der Waals surface area contributed by atoms with E-state index in [2.05, 4.69) is 5.10 Å². The summed E-state index contributed by atoms with van der Waals surface area (Å²) in [6.07, 6.45) is 1.56. The first-order valence-corrected chi connectivity index (χ1v) is 4.51. The van der Waals surface area contributed by atoms with E-state index >= 15 is 0 Å². The van der Waals surface area contributed by atoms with Crippen molar-refractivity contribution < 1.29 is 8.78 Å². The van der Waals surface area contributed by atoms with Crippen LogP contribution in [0.3, 0.4) is 0 Å². The van der Waals surface area contributed by atoms with E-state index in [1.807, 2.05) is 0 Å². The molecule has 1 aliphatic rings. The van der Waals surface area contributed by atoms with Gasteiger partial charge in [-0.25, -0.2) is 8.78 Å². The van der Waals surface area contributed by atoms with Crippen molar-refractivity contribution in [1.82, 2.24) is 9.78 Å². The van der Waals surface area contributed by atoms with Crippen molar-refractivity contribution in [3.8, 4) is 0 Å². The van der Waals surface area contributed by atoms with Gasteiger partial charge in [0.1, 0.15) is 0 Å². The van der Waals surface area contributed by atoms with Crippen LogP contribution in [0.15, 0.2) is 6.20 Å². The van der Waals surface area contributed by atoms with Crippen LogP contribution in [0.4, 0.5) is 8.78 Å². The zero-order chi connectivity index (χ0) is 10.6. The zero-order valence-corrected chi connectivity index (χ0v) is 8.22. The summed E-state index contributed by atoms with van der Waals surface area (Å²) in [4.78, 5) is 0. The third kappa shape index (κ3) is 1.02. The van der Waals surface area contributed by atoms with Gasteiger partial charge in [0.25, 0.3) is 5.92 Å². The Morgan fingerprint density at radius 2 is 2.21 bits per heavy atom. The molecule has 0 radical (unpaired) electrons. The molecule has 78 valence electrons. The molecule has 0 aliphatic heterocycles. The summed E-state index contributed by atoms with van der Waals surface area (Å²) < 4.78 is 27.9. The van der Waals surface area contributed by atoms with Crippen molar-refractivity contribution in [3.63, 3.8) is 0 Å². The van der Waals surface area contributed by atoms with Gasteiger partial charge in [-0.15, -0.1) is 0 Å². The zero-order valence-electron chi connectivity index (χ0n) is 8.22. The smallest absolute Gasteiger partial charge is 0.261 e. The van der Waals surface area contributed by atoms with E-state index in [1.54, 1.807) is 24.9 Å². The van der Waals surface area contributed by atoms with Crippen LogP contribution in [-0.2, 0) is 12.5 Å². The summed E-state index contributed by atoms with van der Waals surface area (Å²) in [6, 6.07) is 0. The lowest BCUT2D eigenvalue weighted by Crippen LogP contribution is -2.28. The van der Waals surface area contributed by atoms with Crippen LogP contribution in [0.5, 0.6) is 0 Å². The predicted octanol–water partition coefficient (Wildman–Crippen LogP) is 0.964. The lowest BCUT2D eigenvalue weighted by atomic mass is 9.99. The molecule has 1 aromatic rings. The van der Waals surface area contributed by atoms with Crippen LogP contribution < -0.4 is 5.73 Å². The Morgan fingerprint density at radius 1 is 1.64 bits per heavy atom. The van der Waals surface area contributed by atoms with E-state index in [0.717, 1.165) is 5.56 Å². The van der Waals surface area contributed by atoms with Crippen LogP contribution in [0.1, 0.15) is 17.7 Å². The molecular weight excluding hydrogens is 188 g/mol. The first-order valence-electron chi connectivity index (χ1n) is 4.51. The third-order valence-electron chi connectivity index (χ3n) is 2.91. The number of aromatic nitrogens is 2. The average molecular weight is 201 g/mol. The Hall–Kier alpha value is -0.970. The third-order valence-corrected chi connectivity index (χ3v) is 2.91. The summed E-state index contributed by atoms with van der Waals surface area (Å²) >= 11 is 0. The normalized spacial score (nSPS) is 29.2. The Morgan fingerprint density at radius 3 is 2.50 bits per heavy atom. The summed E-state index contributed by atoms with van der Waals surface area (Å²) in [5.41, 5.74) is 5.47. The van der Waals surface area contributed by atoms with E-state index < -0.39 is 11.3 Å². The first kappa shape index (κ1) is 9.58. The minimum atomic E-state index is -2.68. The number of hydrogen-bond donors (Lipinski definition) is 1. The quantitative estimate of drug-likeness (QED) is 0.774. The van der Waals surface area contributed by atoms with Gasteiger partial charge in [0, 0.05) is 26.2 Å². The molecule has 1 atom stereocenters. The largest absolute Gasteiger partial charge is 0.329 e. The molecule has 14 heavy (non-hydrogen) atoms. The molecule has 0 saturated heterocycles. The van der Waals surface area contributed by atoms with Gasteiger partial charge in [-0.2, -0.15) is 5.10 Å². The Kier molecular flexibility index (Phi) is 1.73. The molecule has 1 unspecified atom stereocenters. The summed E-state index contributed by atoms with van der Waals surface area (Å²) in [5.74, 6) is -2.68. The average Bonchev–Trinajstić information content (AvgIpc) is 2.48. The van der Waals surface area contributed by atoms with Crippen LogP contribution in [0.2, 0.25) is 0 Å². The van der Waals surface area contributed by atoms with Crippen LogP contribution in [-0.4, -0.2) is 22.2 Å². The second-order valence-electron chi connectivity index (χ2n) is 4.00. The monoisotopic (exact) mass is 201 g/mol. The Balaban J connectivity index is 2.45. The topological polar surface area (TPSA) is 43.8 Å². The highest BCUT2D eigenvalue weighted by Gasteiger charge is 2.72. The highest BCUT2D eigenvalue weighted by Crippen LogP contribution is 2.60. The number of nitrogens with zero attached hydrogens (tertiary/aromatic N) is 2. The van der Waals surface area contributed by atoms with Crippen LogP contribution in [0.25, 0.3) is 0 Å². The minimum absolute atomic E-state index is 0.0438. The molecule has 3 nitrogen and oxygen atoms in total. The maximum Gasteiger partial charge on any atom is 0.261 e. The highest BCUT2D eigenvalue weighted by atomic mass is 19.3. The molecule has 0 aromatic carbocycles. The minimum Gasteiger partial charge on any atom is -0.329 e. The van der Waals surface area contributed by atoms with E-state index in [-0.39, 0.29) is 13.0 Å². The SMILES string of the molecule is Cc1cn(C)nc1C1(CN)CC1(F)F. The molecule has 5 heteroatoms. The van der Waals surface area contributed by atoms with Crippen molar-refractivity contribution >= 4 is 0 Å². The van der Waals surface area contributed by atoms with Crippen molar-refractivity contribution in [3.05, 3.63) is 17.5 Å². The second-order valence-corrected chi connectivity index (χ2v) is 4.00. The molecule has 2 N–H and O–H groups in total. The van der Waals surface area contributed by atoms with E-state index in [1.165, 1.54) is 0 Å². The number of aryl methyl sites for hydroxylation is 2.